The van der Waals surface area contributed by atoms with Crippen LogP contribution in [0.2, 0.25) is 0 Å². The number of hydrogen-bond acceptors (Lipinski definition) is 2. The first-order valence-corrected chi connectivity index (χ1v) is 5.16. The minimum atomic E-state index is 0.640. The van der Waals surface area contributed by atoms with Crippen LogP contribution in [0.5, 0.6) is 0 Å². The maximum atomic E-state index is 3.45. The summed E-state index contributed by atoms with van der Waals surface area (Å²) < 4.78 is 0. The maximum absolute atomic E-state index is 3.45. The monoisotopic (exact) mass is 168 g/mol. The largest absolute Gasteiger partial charge is 0.313 e. The highest BCUT2D eigenvalue weighted by Gasteiger charge is 2.51. The highest BCUT2D eigenvalue weighted by Crippen LogP contribution is 2.52. The van der Waals surface area contributed by atoms with Crippen molar-refractivity contribution in [2.45, 2.75) is 32.7 Å². The summed E-state index contributed by atoms with van der Waals surface area (Å²) in [4.78, 5) is 2.57. The van der Waals surface area contributed by atoms with E-state index in [-0.39, 0.29) is 0 Å². The van der Waals surface area contributed by atoms with Gasteiger partial charge in [0, 0.05) is 32.2 Å². The van der Waals surface area contributed by atoms with Gasteiger partial charge in [0.2, 0.25) is 0 Å². The Balaban J connectivity index is 1.52. The van der Waals surface area contributed by atoms with Crippen molar-refractivity contribution < 1.29 is 0 Å². The lowest BCUT2D eigenvalue weighted by Crippen LogP contribution is -2.50. The van der Waals surface area contributed by atoms with E-state index >= 15 is 0 Å². The molecule has 70 valence electrons. The van der Waals surface area contributed by atoms with E-state index < -0.39 is 0 Å². The predicted octanol–water partition coefficient (Wildman–Crippen LogP) is 1.08. The molecule has 1 aliphatic heterocycles. The zero-order valence-electron chi connectivity index (χ0n) is 8.27. The van der Waals surface area contributed by atoms with Gasteiger partial charge >= 0.3 is 0 Å². The molecule has 1 N–H and O–H groups in total. The van der Waals surface area contributed by atoms with Crippen LogP contribution in [0.25, 0.3) is 0 Å². The highest BCUT2D eigenvalue weighted by atomic mass is 15.2. The molecule has 0 atom stereocenters. The summed E-state index contributed by atoms with van der Waals surface area (Å²) in [6.45, 7) is 9.59. The number of likely N-dealkylation sites (tertiary alicyclic amines) is 1. The Bertz CT molecular complexity index is 153. The first-order chi connectivity index (χ1) is 5.70. The quantitative estimate of drug-likeness (QED) is 0.676. The van der Waals surface area contributed by atoms with Gasteiger partial charge in [-0.3, -0.25) is 0 Å². The van der Waals surface area contributed by atoms with E-state index in [1.165, 1.54) is 32.5 Å². The van der Waals surface area contributed by atoms with Crippen LogP contribution in [0.15, 0.2) is 0 Å². The highest BCUT2D eigenvalue weighted by molar-refractivity contribution is 5.05. The molecule has 2 fully saturated rings. The van der Waals surface area contributed by atoms with Gasteiger partial charge in [-0.1, -0.05) is 13.8 Å². The van der Waals surface area contributed by atoms with Crippen LogP contribution in [0.4, 0.5) is 0 Å². The Kier molecular flexibility index (Phi) is 2.13. The molecule has 2 rings (SSSR count). The number of hydrogen-bond donors (Lipinski definition) is 1. The Morgan fingerprint density at radius 2 is 2.00 bits per heavy atom. The summed E-state index contributed by atoms with van der Waals surface area (Å²) >= 11 is 0. The van der Waals surface area contributed by atoms with Crippen LogP contribution < -0.4 is 5.32 Å². The topological polar surface area (TPSA) is 15.3 Å². The van der Waals surface area contributed by atoms with E-state index in [4.69, 9.17) is 0 Å². The van der Waals surface area contributed by atoms with E-state index in [1.54, 1.807) is 0 Å². The lowest BCUT2D eigenvalue weighted by molar-refractivity contribution is 0.0825. The van der Waals surface area contributed by atoms with Crippen LogP contribution in [0.3, 0.4) is 0 Å². The molecule has 12 heavy (non-hydrogen) atoms. The van der Waals surface area contributed by atoms with Crippen LogP contribution in [0.1, 0.15) is 26.7 Å². The zero-order chi connectivity index (χ0) is 8.60. The average molecular weight is 168 g/mol. The first kappa shape index (κ1) is 8.52. The zero-order valence-corrected chi connectivity index (χ0v) is 8.27. The summed E-state index contributed by atoms with van der Waals surface area (Å²) in [6.07, 6.45) is 3.00. The molecular formula is C10H20N2. The molecule has 1 saturated carbocycles. The van der Waals surface area contributed by atoms with Crippen molar-refractivity contribution in [2.75, 3.05) is 26.2 Å². The van der Waals surface area contributed by atoms with Gasteiger partial charge in [-0.05, 0) is 18.3 Å². The average Bonchev–Trinajstić information content (AvgIpc) is 2.64. The molecule has 0 aromatic carbocycles. The van der Waals surface area contributed by atoms with E-state index in [9.17, 15) is 0 Å². The second kappa shape index (κ2) is 3.00. The second-order valence-corrected chi connectivity index (χ2v) is 4.82. The lowest BCUT2D eigenvalue weighted by Gasteiger charge is -2.40. The van der Waals surface area contributed by atoms with Gasteiger partial charge in [0.25, 0.3) is 0 Å². The number of rotatable bonds is 4. The molecule has 2 heteroatoms. The third-order valence-corrected chi connectivity index (χ3v) is 3.06. The fourth-order valence-electron chi connectivity index (χ4n) is 2.06. The Hall–Kier alpha value is -0.0800. The third kappa shape index (κ3) is 1.80. The molecule has 1 spiro atoms. The molecule has 1 aliphatic carbocycles. The van der Waals surface area contributed by atoms with Gasteiger partial charge in [0.15, 0.2) is 0 Å². The molecule has 0 bridgehead atoms. The van der Waals surface area contributed by atoms with Gasteiger partial charge in [-0.15, -0.1) is 0 Å². The fraction of sp³-hybridized carbons (Fsp3) is 1.00. The molecule has 1 saturated heterocycles. The SMILES string of the molecule is CC(C)NCCN1CC2(CC2)C1. The lowest BCUT2D eigenvalue weighted by atomic mass is 9.97. The van der Waals surface area contributed by atoms with Gasteiger partial charge in [-0.25, -0.2) is 0 Å². The second-order valence-electron chi connectivity index (χ2n) is 4.82. The normalized spacial score (nSPS) is 26.2. The van der Waals surface area contributed by atoms with Crippen molar-refractivity contribution in [3.8, 4) is 0 Å². The molecule has 0 radical (unpaired) electrons. The summed E-state index contributed by atoms with van der Waals surface area (Å²) in [5, 5.41) is 3.45. The van der Waals surface area contributed by atoms with Gasteiger partial charge in [-0.2, -0.15) is 0 Å². The summed E-state index contributed by atoms with van der Waals surface area (Å²) in [6, 6.07) is 0.640. The molecule has 0 aromatic rings. The van der Waals surface area contributed by atoms with Crippen molar-refractivity contribution in [2.24, 2.45) is 5.41 Å². The maximum Gasteiger partial charge on any atom is 0.0107 e. The van der Waals surface area contributed by atoms with Crippen molar-refractivity contribution in [3.63, 3.8) is 0 Å². The minimum absolute atomic E-state index is 0.640. The Morgan fingerprint density at radius 3 is 2.50 bits per heavy atom. The molecule has 2 nitrogen and oxygen atoms in total. The van der Waals surface area contributed by atoms with Crippen molar-refractivity contribution in [1.29, 1.82) is 0 Å². The van der Waals surface area contributed by atoms with Gasteiger partial charge < -0.3 is 10.2 Å². The van der Waals surface area contributed by atoms with E-state index in [0.29, 0.717) is 6.04 Å². The van der Waals surface area contributed by atoms with Crippen molar-refractivity contribution in [3.05, 3.63) is 0 Å². The van der Waals surface area contributed by atoms with Crippen molar-refractivity contribution >= 4 is 0 Å². The van der Waals surface area contributed by atoms with Crippen molar-refractivity contribution in [1.82, 2.24) is 10.2 Å². The van der Waals surface area contributed by atoms with Crippen LogP contribution in [-0.4, -0.2) is 37.1 Å². The van der Waals surface area contributed by atoms with Crippen LogP contribution >= 0.6 is 0 Å². The smallest absolute Gasteiger partial charge is 0.0107 e. The van der Waals surface area contributed by atoms with E-state index in [0.717, 1.165) is 12.0 Å². The van der Waals surface area contributed by atoms with E-state index in [1.807, 2.05) is 0 Å². The van der Waals surface area contributed by atoms with E-state index in [2.05, 4.69) is 24.1 Å². The molecule has 2 aliphatic rings. The van der Waals surface area contributed by atoms with Gasteiger partial charge in [0.1, 0.15) is 0 Å². The predicted molar refractivity (Wildman–Crippen MR) is 51.2 cm³/mol. The number of nitrogens with zero attached hydrogens (tertiary/aromatic N) is 1. The molecule has 0 unspecified atom stereocenters. The standard InChI is InChI=1S/C10H20N2/c1-9(2)11-5-6-12-7-10(8-12)3-4-10/h9,11H,3-8H2,1-2H3. The molecule has 0 amide bonds. The Labute approximate surface area is 75.3 Å². The molecular weight excluding hydrogens is 148 g/mol. The summed E-state index contributed by atoms with van der Waals surface area (Å²) in [5.74, 6) is 0. The van der Waals surface area contributed by atoms with Gasteiger partial charge in [0.05, 0.1) is 0 Å². The molecule has 0 aromatic heterocycles. The third-order valence-electron chi connectivity index (χ3n) is 3.06. The summed E-state index contributed by atoms with van der Waals surface area (Å²) in [7, 11) is 0. The molecule has 1 heterocycles. The summed E-state index contributed by atoms with van der Waals surface area (Å²) in [5.41, 5.74) is 0.831. The van der Waals surface area contributed by atoms with Crippen LogP contribution in [0, 0.1) is 5.41 Å². The van der Waals surface area contributed by atoms with Crippen LogP contribution in [-0.2, 0) is 0 Å². The minimum Gasteiger partial charge on any atom is -0.313 e. The Morgan fingerprint density at radius 1 is 1.33 bits per heavy atom. The number of nitrogens with one attached hydrogen (secondary N) is 1. The fourth-order valence-corrected chi connectivity index (χ4v) is 2.06. The first-order valence-electron chi connectivity index (χ1n) is 5.16.